The molecule has 4 rings (SSSR count). The number of hydrogen-bond acceptors (Lipinski definition) is 6. The summed E-state index contributed by atoms with van der Waals surface area (Å²) in [5, 5.41) is 11.5. The van der Waals surface area contributed by atoms with E-state index in [4.69, 9.17) is 0 Å². The average molecular weight is 395 g/mol. The number of tetrazole rings is 1. The van der Waals surface area contributed by atoms with Gasteiger partial charge >= 0.3 is 0 Å². The molecule has 9 heteroatoms. The number of carbonyl (C=O) groups excluding carboxylic acids is 1. The molecule has 0 saturated carbocycles. The van der Waals surface area contributed by atoms with E-state index < -0.39 is 0 Å². The minimum absolute atomic E-state index is 0.0925. The van der Waals surface area contributed by atoms with E-state index in [1.807, 2.05) is 43.0 Å². The number of anilines is 1. The molecule has 2 aromatic heterocycles. The van der Waals surface area contributed by atoms with Gasteiger partial charge in [0.2, 0.25) is 5.91 Å². The highest BCUT2D eigenvalue weighted by atomic mass is 19.1. The quantitative estimate of drug-likeness (QED) is 0.670. The first-order chi connectivity index (χ1) is 14.0. The Bertz CT molecular complexity index is 987. The van der Waals surface area contributed by atoms with Crippen LogP contribution in [0.1, 0.15) is 18.3 Å². The molecule has 1 unspecified atom stereocenters. The van der Waals surface area contributed by atoms with Gasteiger partial charge in [0.25, 0.3) is 0 Å². The zero-order chi connectivity index (χ0) is 20.4. The Kier molecular flexibility index (Phi) is 5.20. The van der Waals surface area contributed by atoms with Crippen molar-refractivity contribution in [3.8, 4) is 5.69 Å². The van der Waals surface area contributed by atoms with Crippen molar-refractivity contribution in [1.82, 2.24) is 30.1 Å². The predicted octanol–water partition coefficient (Wildman–Crippen LogP) is 1.78. The Balaban J connectivity index is 1.37. The van der Waals surface area contributed by atoms with Crippen molar-refractivity contribution in [2.24, 2.45) is 0 Å². The Morgan fingerprint density at radius 2 is 1.97 bits per heavy atom. The van der Waals surface area contributed by atoms with E-state index in [1.54, 1.807) is 10.7 Å². The van der Waals surface area contributed by atoms with E-state index in [2.05, 4.69) is 25.4 Å². The van der Waals surface area contributed by atoms with E-state index >= 15 is 0 Å². The van der Waals surface area contributed by atoms with Crippen molar-refractivity contribution in [2.45, 2.75) is 26.3 Å². The largest absolute Gasteiger partial charge is 0.350 e. The van der Waals surface area contributed by atoms with Crippen LogP contribution in [0.4, 0.5) is 10.2 Å². The lowest BCUT2D eigenvalue weighted by Crippen LogP contribution is -2.54. The van der Waals surface area contributed by atoms with Crippen LogP contribution in [0.3, 0.4) is 0 Å². The molecule has 150 valence electrons. The second-order valence-electron chi connectivity index (χ2n) is 7.20. The Morgan fingerprint density at radius 1 is 1.17 bits per heavy atom. The van der Waals surface area contributed by atoms with Gasteiger partial charge in [0, 0.05) is 25.7 Å². The van der Waals surface area contributed by atoms with Crippen molar-refractivity contribution < 1.29 is 9.18 Å². The summed E-state index contributed by atoms with van der Waals surface area (Å²) < 4.78 is 14.8. The molecule has 0 bridgehead atoms. The maximum absolute atomic E-state index is 13.1. The summed E-state index contributed by atoms with van der Waals surface area (Å²) in [6.07, 6.45) is 1.57. The molecule has 1 fully saturated rings. The van der Waals surface area contributed by atoms with Crippen LogP contribution in [-0.2, 0) is 11.2 Å². The molecule has 0 N–H and O–H groups in total. The van der Waals surface area contributed by atoms with Gasteiger partial charge in [-0.15, -0.1) is 5.10 Å². The first-order valence-corrected chi connectivity index (χ1v) is 9.51. The third kappa shape index (κ3) is 4.08. The fourth-order valence-corrected chi connectivity index (χ4v) is 3.57. The smallest absolute Gasteiger partial charge is 0.227 e. The Labute approximate surface area is 168 Å². The lowest BCUT2D eigenvalue weighted by atomic mass is 10.1. The van der Waals surface area contributed by atoms with Crippen LogP contribution >= 0.6 is 0 Å². The van der Waals surface area contributed by atoms with Gasteiger partial charge in [-0.25, -0.2) is 9.37 Å². The summed E-state index contributed by atoms with van der Waals surface area (Å²) in [5.41, 5.74) is 1.80. The number of rotatable bonds is 4. The third-order valence-corrected chi connectivity index (χ3v) is 5.15. The number of aryl methyl sites for hydroxylation is 1. The summed E-state index contributed by atoms with van der Waals surface area (Å²) in [6, 6.07) is 10.9. The maximum Gasteiger partial charge on any atom is 0.227 e. The van der Waals surface area contributed by atoms with Crippen molar-refractivity contribution in [2.75, 3.05) is 24.5 Å². The highest BCUT2D eigenvalue weighted by Crippen LogP contribution is 2.19. The Hall–Kier alpha value is -3.36. The van der Waals surface area contributed by atoms with Gasteiger partial charge in [0.15, 0.2) is 5.82 Å². The topological polar surface area (TPSA) is 80.0 Å². The summed E-state index contributed by atoms with van der Waals surface area (Å²) in [5.74, 6) is 1.18. The fraction of sp³-hybridized carbons (Fsp3) is 0.350. The lowest BCUT2D eigenvalue weighted by Gasteiger charge is -2.40. The van der Waals surface area contributed by atoms with Gasteiger partial charge in [-0.3, -0.25) is 4.79 Å². The molecule has 1 aliphatic heterocycles. The maximum atomic E-state index is 13.1. The van der Waals surface area contributed by atoms with Gasteiger partial charge in [-0.1, -0.05) is 12.1 Å². The van der Waals surface area contributed by atoms with Gasteiger partial charge < -0.3 is 9.80 Å². The number of amides is 1. The number of piperazine rings is 1. The zero-order valence-electron chi connectivity index (χ0n) is 16.4. The summed E-state index contributed by atoms with van der Waals surface area (Å²) in [4.78, 5) is 20.9. The molecule has 3 aromatic rings. The number of nitrogens with zero attached hydrogens (tertiary/aromatic N) is 7. The minimum atomic E-state index is -0.350. The molecule has 1 aromatic carbocycles. The number of hydrogen-bond donors (Lipinski definition) is 0. The molecule has 29 heavy (non-hydrogen) atoms. The molecule has 1 amide bonds. The minimum Gasteiger partial charge on any atom is -0.350 e. The monoisotopic (exact) mass is 395 g/mol. The summed E-state index contributed by atoms with van der Waals surface area (Å²) in [6.45, 7) is 5.78. The van der Waals surface area contributed by atoms with Crippen molar-refractivity contribution in [3.05, 3.63) is 59.8 Å². The van der Waals surface area contributed by atoms with Gasteiger partial charge in [0.05, 0.1) is 18.3 Å². The van der Waals surface area contributed by atoms with Crippen molar-refractivity contribution >= 4 is 11.7 Å². The number of aromatic nitrogens is 5. The van der Waals surface area contributed by atoms with E-state index in [1.165, 1.54) is 12.3 Å². The molecule has 1 aliphatic rings. The molecule has 0 spiro atoms. The first-order valence-electron chi connectivity index (χ1n) is 9.51. The first kappa shape index (κ1) is 19.0. The molecule has 1 saturated heterocycles. The van der Waals surface area contributed by atoms with E-state index in [0.29, 0.717) is 31.9 Å². The molecule has 3 heterocycles. The van der Waals surface area contributed by atoms with Crippen molar-refractivity contribution in [1.29, 1.82) is 0 Å². The molecule has 1 atom stereocenters. The van der Waals surface area contributed by atoms with E-state index in [0.717, 1.165) is 17.1 Å². The number of halogens is 1. The molecular weight excluding hydrogens is 373 g/mol. The molecule has 0 aliphatic carbocycles. The van der Waals surface area contributed by atoms with Crippen LogP contribution in [0, 0.1) is 12.7 Å². The van der Waals surface area contributed by atoms with Crippen molar-refractivity contribution in [3.63, 3.8) is 0 Å². The fourth-order valence-electron chi connectivity index (χ4n) is 3.57. The standard InChI is InChI=1S/C20H22FN7O/c1-14-13-26(9-10-27(14)19-8-5-17(21)12-22-19)20(29)11-16-3-6-18(7-4-16)28-15(2)23-24-25-28/h3-8,12,14H,9-11,13H2,1-2H3. The van der Waals surface area contributed by atoms with E-state index in [9.17, 15) is 9.18 Å². The van der Waals surface area contributed by atoms with Gasteiger partial charge in [-0.05, 0) is 54.1 Å². The van der Waals surface area contributed by atoms with Crippen LogP contribution < -0.4 is 4.90 Å². The third-order valence-electron chi connectivity index (χ3n) is 5.15. The summed E-state index contributed by atoms with van der Waals surface area (Å²) >= 11 is 0. The second kappa shape index (κ2) is 7.94. The van der Waals surface area contributed by atoms with Crippen LogP contribution in [0.5, 0.6) is 0 Å². The summed E-state index contributed by atoms with van der Waals surface area (Å²) in [7, 11) is 0. The van der Waals surface area contributed by atoms with E-state index in [-0.39, 0.29) is 17.8 Å². The average Bonchev–Trinajstić information content (AvgIpc) is 3.15. The highest BCUT2D eigenvalue weighted by Gasteiger charge is 2.27. The van der Waals surface area contributed by atoms with Crippen LogP contribution in [0.2, 0.25) is 0 Å². The van der Waals surface area contributed by atoms with Crippen LogP contribution in [0.25, 0.3) is 5.69 Å². The predicted molar refractivity (Wildman–Crippen MR) is 105 cm³/mol. The Morgan fingerprint density at radius 3 is 2.59 bits per heavy atom. The zero-order valence-corrected chi connectivity index (χ0v) is 16.4. The lowest BCUT2D eigenvalue weighted by molar-refractivity contribution is -0.131. The number of benzene rings is 1. The molecule has 8 nitrogen and oxygen atoms in total. The SMILES string of the molecule is Cc1nnnn1-c1ccc(CC(=O)N2CCN(c3ccc(F)cn3)C(C)C2)cc1. The van der Waals surface area contributed by atoms with Gasteiger partial charge in [0.1, 0.15) is 11.6 Å². The number of pyridine rings is 1. The second-order valence-corrected chi connectivity index (χ2v) is 7.20. The van der Waals surface area contributed by atoms with Gasteiger partial charge in [-0.2, -0.15) is 4.68 Å². The normalized spacial score (nSPS) is 16.9. The van der Waals surface area contributed by atoms with Crippen LogP contribution in [0.15, 0.2) is 42.6 Å². The van der Waals surface area contributed by atoms with Crippen LogP contribution in [-0.4, -0.2) is 61.7 Å². The highest BCUT2D eigenvalue weighted by molar-refractivity contribution is 5.79. The molecular formula is C20H22FN7O. The number of carbonyl (C=O) groups is 1. The molecule has 0 radical (unpaired) electrons.